The van der Waals surface area contributed by atoms with E-state index in [0.717, 1.165) is 29.1 Å². The molecule has 0 saturated heterocycles. The average molecular weight is 287 g/mol. The highest BCUT2D eigenvalue weighted by molar-refractivity contribution is 7.16. The van der Waals surface area contributed by atoms with E-state index in [4.69, 9.17) is 10.3 Å². The predicted octanol–water partition coefficient (Wildman–Crippen LogP) is 2.27. The van der Waals surface area contributed by atoms with Crippen molar-refractivity contribution in [2.45, 2.75) is 19.3 Å². The Morgan fingerprint density at radius 1 is 1.40 bits per heavy atom. The highest BCUT2D eigenvalue weighted by Gasteiger charge is 2.26. The number of imidazole rings is 1. The van der Waals surface area contributed by atoms with Crippen LogP contribution in [0.15, 0.2) is 17.0 Å². The van der Waals surface area contributed by atoms with Gasteiger partial charge in [-0.15, -0.1) is 11.3 Å². The van der Waals surface area contributed by atoms with Gasteiger partial charge in [0.1, 0.15) is 5.69 Å². The summed E-state index contributed by atoms with van der Waals surface area (Å²) in [6.45, 7) is 0. The molecule has 0 atom stereocenters. The van der Waals surface area contributed by atoms with Gasteiger partial charge in [-0.3, -0.25) is 0 Å². The van der Waals surface area contributed by atoms with Crippen LogP contribution in [0.4, 0.5) is 5.00 Å². The molecule has 4 rings (SSSR count). The van der Waals surface area contributed by atoms with Crippen LogP contribution in [0.1, 0.15) is 16.9 Å². The SMILES string of the molecule is Cn1cncc1-c1noc(-c2c(N)sc3c2CCC3)n1. The molecule has 0 spiro atoms. The fourth-order valence-corrected chi connectivity index (χ4v) is 3.81. The molecule has 3 aromatic rings. The van der Waals surface area contributed by atoms with Crippen molar-refractivity contribution in [3.05, 3.63) is 23.0 Å². The Labute approximate surface area is 119 Å². The summed E-state index contributed by atoms with van der Waals surface area (Å²) in [7, 11) is 1.90. The minimum Gasteiger partial charge on any atom is -0.390 e. The molecule has 0 aliphatic heterocycles. The lowest BCUT2D eigenvalue weighted by molar-refractivity contribution is 0.432. The van der Waals surface area contributed by atoms with Crippen LogP contribution in [0.2, 0.25) is 0 Å². The van der Waals surface area contributed by atoms with E-state index in [1.165, 1.54) is 16.9 Å². The molecule has 0 bridgehead atoms. The van der Waals surface area contributed by atoms with Crippen LogP contribution >= 0.6 is 11.3 Å². The molecule has 0 aromatic carbocycles. The number of rotatable bonds is 2. The van der Waals surface area contributed by atoms with Gasteiger partial charge in [0, 0.05) is 11.9 Å². The van der Waals surface area contributed by atoms with E-state index in [9.17, 15) is 0 Å². The van der Waals surface area contributed by atoms with Gasteiger partial charge in [0.15, 0.2) is 0 Å². The Kier molecular flexibility index (Phi) is 2.43. The van der Waals surface area contributed by atoms with Crippen molar-refractivity contribution in [3.8, 4) is 23.0 Å². The summed E-state index contributed by atoms with van der Waals surface area (Å²) >= 11 is 1.64. The Balaban J connectivity index is 1.81. The molecule has 102 valence electrons. The van der Waals surface area contributed by atoms with Crippen molar-refractivity contribution in [1.82, 2.24) is 19.7 Å². The smallest absolute Gasteiger partial charge is 0.261 e. The van der Waals surface area contributed by atoms with Gasteiger partial charge in [-0.1, -0.05) is 5.16 Å². The first-order valence-electron chi connectivity index (χ1n) is 6.45. The molecular weight excluding hydrogens is 274 g/mol. The third-order valence-electron chi connectivity index (χ3n) is 3.63. The molecule has 3 heterocycles. The van der Waals surface area contributed by atoms with Crippen LogP contribution in [0.25, 0.3) is 23.0 Å². The summed E-state index contributed by atoms with van der Waals surface area (Å²) in [6.07, 6.45) is 6.75. The highest BCUT2D eigenvalue weighted by atomic mass is 32.1. The summed E-state index contributed by atoms with van der Waals surface area (Å²) in [5.41, 5.74) is 9.16. The lowest BCUT2D eigenvalue weighted by Gasteiger charge is -1.96. The van der Waals surface area contributed by atoms with E-state index in [1.807, 2.05) is 11.6 Å². The molecule has 20 heavy (non-hydrogen) atoms. The third kappa shape index (κ3) is 1.59. The number of aryl methyl sites for hydroxylation is 2. The Morgan fingerprint density at radius 3 is 3.10 bits per heavy atom. The van der Waals surface area contributed by atoms with Crippen molar-refractivity contribution < 1.29 is 4.52 Å². The van der Waals surface area contributed by atoms with Crippen LogP contribution in [0, 0.1) is 0 Å². The number of aromatic nitrogens is 4. The number of nitrogen functional groups attached to an aromatic ring is 1. The second-order valence-electron chi connectivity index (χ2n) is 4.91. The zero-order valence-corrected chi connectivity index (χ0v) is 11.8. The largest absolute Gasteiger partial charge is 0.390 e. The Hall–Kier alpha value is -2.15. The van der Waals surface area contributed by atoms with Crippen LogP contribution < -0.4 is 5.73 Å². The lowest BCUT2D eigenvalue weighted by atomic mass is 10.1. The summed E-state index contributed by atoms with van der Waals surface area (Å²) in [5, 5.41) is 4.82. The van der Waals surface area contributed by atoms with Gasteiger partial charge < -0.3 is 14.8 Å². The second-order valence-corrected chi connectivity index (χ2v) is 6.05. The normalized spacial score (nSPS) is 13.8. The highest BCUT2D eigenvalue weighted by Crippen LogP contribution is 2.43. The number of nitrogens with two attached hydrogens (primary N) is 1. The lowest BCUT2D eigenvalue weighted by Crippen LogP contribution is -1.91. The zero-order chi connectivity index (χ0) is 13.7. The Bertz CT molecular complexity index is 785. The molecule has 2 N–H and O–H groups in total. The molecule has 0 fully saturated rings. The number of nitrogens with zero attached hydrogens (tertiary/aromatic N) is 4. The maximum absolute atomic E-state index is 6.11. The van der Waals surface area contributed by atoms with E-state index >= 15 is 0 Å². The summed E-state index contributed by atoms with van der Waals surface area (Å²) in [6, 6.07) is 0. The van der Waals surface area contributed by atoms with Gasteiger partial charge in [0.05, 0.1) is 23.1 Å². The molecular formula is C13H13N5OS. The van der Waals surface area contributed by atoms with Crippen molar-refractivity contribution >= 4 is 16.3 Å². The van der Waals surface area contributed by atoms with E-state index in [2.05, 4.69) is 15.1 Å². The number of hydrogen-bond acceptors (Lipinski definition) is 6. The number of fused-ring (bicyclic) bond motifs is 1. The van der Waals surface area contributed by atoms with Gasteiger partial charge in [0.25, 0.3) is 5.89 Å². The zero-order valence-electron chi connectivity index (χ0n) is 11.0. The first-order valence-corrected chi connectivity index (χ1v) is 7.26. The van der Waals surface area contributed by atoms with Gasteiger partial charge in [-0.2, -0.15) is 4.98 Å². The van der Waals surface area contributed by atoms with Crippen molar-refractivity contribution in [2.24, 2.45) is 7.05 Å². The predicted molar refractivity (Wildman–Crippen MR) is 76.3 cm³/mol. The molecule has 0 unspecified atom stereocenters. The maximum Gasteiger partial charge on any atom is 0.261 e. The molecule has 3 aromatic heterocycles. The summed E-state index contributed by atoms with van der Waals surface area (Å²) in [5.74, 6) is 1.05. The van der Waals surface area contributed by atoms with Crippen molar-refractivity contribution in [2.75, 3.05) is 5.73 Å². The van der Waals surface area contributed by atoms with Gasteiger partial charge in [-0.25, -0.2) is 4.98 Å². The van der Waals surface area contributed by atoms with Crippen LogP contribution in [0.5, 0.6) is 0 Å². The monoisotopic (exact) mass is 287 g/mol. The first kappa shape index (κ1) is 11.7. The fourth-order valence-electron chi connectivity index (χ4n) is 2.66. The maximum atomic E-state index is 6.11. The van der Waals surface area contributed by atoms with Gasteiger partial charge in [-0.05, 0) is 24.8 Å². The van der Waals surface area contributed by atoms with Crippen molar-refractivity contribution in [1.29, 1.82) is 0 Å². The van der Waals surface area contributed by atoms with Gasteiger partial charge >= 0.3 is 0 Å². The molecule has 0 radical (unpaired) electrons. The average Bonchev–Trinajstić information content (AvgIpc) is 3.12. The summed E-state index contributed by atoms with van der Waals surface area (Å²) in [4.78, 5) is 9.91. The molecule has 0 amide bonds. The summed E-state index contributed by atoms with van der Waals surface area (Å²) < 4.78 is 7.28. The minimum atomic E-state index is 0.512. The molecule has 0 saturated carbocycles. The van der Waals surface area contributed by atoms with E-state index in [0.29, 0.717) is 11.7 Å². The standard InChI is InChI=1S/C13H13N5OS/c1-18-6-15-5-8(18)12-16-13(19-17-12)10-7-3-2-4-9(7)20-11(10)14/h5-6H,2-4,14H2,1H3. The quantitative estimate of drug-likeness (QED) is 0.781. The molecule has 6 nitrogen and oxygen atoms in total. The third-order valence-corrected chi connectivity index (χ3v) is 4.76. The number of anilines is 1. The Morgan fingerprint density at radius 2 is 2.30 bits per heavy atom. The van der Waals surface area contributed by atoms with E-state index < -0.39 is 0 Å². The van der Waals surface area contributed by atoms with Crippen LogP contribution in [-0.4, -0.2) is 19.7 Å². The van der Waals surface area contributed by atoms with E-state index in [-0.39, 0.29) is 0 Å². The van der Waals surface area contributed by atoms with Crippen LogP contribution in [-0.2, 0) is 19.9 Å². The first-order chi connectivity index (χ1) is 9.74. The topological polar surface area (TPSA) is 82.8 Å². The van der Waals surface area contributed by atoms with E-state index in [1.54, 1.807) is 23.9 Å². The minimum absolute atomic E-state index is 0.512. The van der Waals surface area contributed by atoms with Crippen molar-refractivity contribution in [3.63, 3.8) is 0 Å². The number of hydrogen-bond donors (Lipinski definition) is 1. The fraction of sp³-hybridized carbons (Fsp3) is 0.308. The van der Waals surface area contributed by atoms with Crippen LogP contribution in [0.3, 0.4) is 0 Å². The second kappa shape index (κ2) is 4.17. The number of thiophene rings is 1. The molecule has 1 aliphatic rings. The molecule has 7 heteroatoms. The van der Waals surface area contributed by atoms with Gasteiger partial charge in [0.2, 0.25) is 5.82 Å². The molecule has 1 aliphatic carbocycles.